The van der Waals surface area contributed by atoms with Crippen molar-refractivity contribution >= 4 is 11.7 Å². The van der Waals surface area contributed by atoms with Crippen molar-refractivity contribution in [2.24, 2.45) is 5.92 Å². The number of benzene rings is 1. The van der Waals surface area contributed by atoms with Crippen molar-refractivity contribution in [3.8, 4) is 0 Å². The van der Waals surface area contributed by atoms with Crippen molar-refractivity contribution in [2.75, 3.05) is 45.7 Å². The minimum atomic E-state index is -0.0485. The first-order chi connectivity index (χ1) is 12.1. The standard InChI is InChI=1S/C20H31N3O2/c1-22-10-12-23(13-11-22)15-16-4-3-5-19(14-16)21-18-8-6-17(7-9-18)20(24)25-2/h3-5,14,17-18,21H,6-13,15H2,1-2H3. The molecule has 1 aromatic carbocycles. The summed E-state index contributed by atoms with van der Waals surface area (Å²) in [6.45, 7) is 5.62. The lowest BCUT2D eigenvalue weighted by molar-refractivity contribution is -0.146. The van der Waals surface area contributed by atoms with E-state index < -0.39 is 0 Å². The average molecular weight is 345 g/mol. The second kappa shape index (κ2) is 8.68. The number of ether oxygens (including phenoxy) is 1. The molecule has 0 unspecified atom stereocenters. The number of carbonyl (C=O) groups is 1. The van der Waals surface area contributed by atoms with Crippen molar-refractivity contribution in [3.05, 3.63) is 29.8 Å². The largest absolute Gasteiger partial charge is 0.469 e. The van der Waals surface area contributed by atoms with Crippen molar-refractivity contribution in [3.63, 3.8) is 0 Å². The molecule has 1 aromatic rings. The number of nitrogens with zero attached hydrogens (tertiary/aromatic N) is 2. The summed E-state index contributed by atoms with van der Waals surface area (Å²) >= 11 is 0. The molecule has 0 atom stereocenters. The van der Waals surface area contributed by atoms with Crippen LogP contribution in [-0.4, -0.2) is 62.1 Å². The van der Waals surface area contributed by atoms with Gasteiger partial charge in [0.1, 0.15) is 0 Å². The smallest absolute Gasteiger partial charge is 0.308 e. The minimum Gasteiger partial charge on any atom is -0.469 e. The van der Waals surface area contributed by atoms with Crippen LogP contribution in [0.2, 0.25) is 0 Å². The van der Waals surface area contributed by atoms with Crippen LogP contribution in [0.5, 0.6) is 0 Å². The molecule has 0 amide bonds. The van der Waals surface area contributed by atoms with Gasteiger partial charge in [-0.25, -0.2) is 0 Å². The quantitative estimate of drug-likeness (QED) is 0.831. The Kier molecular flexibility index (Phi) is 6.32. The van der Waals surface area contributed by atoms with E-state index in [0.29, 0.717) is 6.04 Å². The lowest BCUT2D eigenvalue weighted by Gasteiger charge is -2.32. The van der Waals surface area contributed by atoms with E-state index >= 15 is 0 Å². The van der Waals surface area contributed by atoms with Crippen LogP contribution in [0.1, 0.15) is 31.2 Å². The lowest BCUT2D eigenvalue weighted by Crippen LogP contribution is -2.43. The van der Waals surface area contributed by atoms with Crippen LogP contribution in [0.3, 0.4) is 0 Å². The van der Waals surface area contributed by atoms with Crippen LogP contribution in [0.25, 0.3) is 0 Å². The number of methoxy groups -OCH3 is 1. The van der Waals surface area contributed by atoms with E-state index in [2.05, 4.69) is 46.4 Å². The molecule has 1 N–H and O–H groups in total. The molecule has 1 saturated heterocycles. The highest BCUT2D eigenvalue weighted by Crippen LogP contribution is 2.27. The first-order valence-electron chi connectivity index (χ1n) is 9.48. The van der Waals surface area contributed by atoms with Gasteiger partial charge < -0.3 is 15.0 Å². The Morgan fingerprint density at radius 2 is 1.88 bits per heavy atom. The highest BCUT2D eigenvalue weighted by molar-refractivity contribution is 5.72. The van der Waals surface area contributed by atoms with Gasteiger partial charge in [0.05, 0.1) is 13.0 Å². The summed E-state index contributed by atoms with van der Waals surface area (Å²) in [4.78, 5) is 16.6. The fourth-order valence-corrected chi connectivity index (χ4v) is 3.90. The molecule has 0 radical (unpaired) electrons. The van der Waals surface area contributed by atoms with Gasteiger partial charge in [0.2, 0.25) is 0 Å². The summed E-state index contributed by atoms with van der Waals surface area (Å²) in [6.07, 6.45) is 3.90. The van der Waals surface area contributed by atoms with Gasteiger partial charge in [-0.2, -0.15) is 0 Å². The highest BCUT2D eigenvalue weighted by Gasteiger charge is 2.26. The van der Waals surface area contributed by atoms with Crippen LogP contribution < -0.4 is 5.32 Å². The molecule has 2 aliphatic rings. The normalized spacial score (nSPS) is 25.5. The molecule has 1 heterocycles. The third-order valence-electron chi connectivity index (χ3n) is 5.56. The Labute approximate surface area is 151 Å². The van der Waals surface area contributed by atoms with E-state index in [1.165, 1.54) is 18.4 Å². The van der Waals surface area contributed by atoms with Crippen LogP contribution in [0.4, 0.5) is 5.69 Å². The second-order valence-electron chi connectivity index (χ2n) is 7.50. The monoisotopic (exact) mass is 345 g/mol. The highest BCUT2D eigenvalue weighted by atomic mass is 16.5. The molecule has 3 rings (SSSR count). The SMILES string of the molecule is COC(=O)C1CCC(Nc2cccc(CN3CCN(C)CC3)c2)CC1. The number of rotatable bonds is 5. The maximum absolute atomic E-state index is 11.6. The molecule has 0 aromatic heterocycles. The molecule has 1 aliphatic heterocycles. The molecule has 138 valence electrons. The van der Waals surface area contributed by atoms with E-state index in [-0.39, 0.29) is 11.9 Å². The average Bonchev–Trinajstić information content (AvgIpc) is 2.64. The van der Waals surface area contributed by atoms with Crippen LogP contribution in [-0.2, 0) is 16.1 Å². The number of hydrogen-bond acceptors (Lipinski definition) is 5. The molecule has 0 bridgehead atoms. The maximum atomic E-state index is 11.6. The molecule has 1 saturated carbocycles. The Morgan fingerprint density at radius 3 is 2.56 bits per heavy atom. The van der Waals surface area contributed by atoms with Gasteiger partial charge in [0, 0.05) is 44.5 Å². The van der Waals surface area contributed by atoms with E-state index in [1.54, 1.807) is 0 Å². The van der Waals surface area contributed by atoms with Gasteiger partial charge in [-0.1, -0.05) is 12.1 Å². The number of nitrogens with one attached hydrogen (secondary N) is 1. The lowest BCUT2D eigenvalue weighted by atomic mass is 9.86. The summed E-state index contributed by atoms with van der Waals surface area (Å²) < 4.78 is 4.87. The Bertz CT molecular complexity index is 562. The molecule has 25 heavy (non-hydrogen) atoms. The van der Waals surface area contributed by atoms with Crippen molar-refractivity contribution in [2.45, 2.75) is 38.3 Å². The van der Waals surface area contributed by atoms with Gasteiger partial charge >= 0.3 is 5.97 Å². The maximum Gasteiger partial charge on any atom is 0.308 e. The number of anilines is 1. The van der Waals surface area contributed by atoms with E-state index in [4.69, 9.17) is 4.74 Å². The van der Waals surface area contributed by atoms with Crippen LogP contribution in [0.15, 0.2) is 24.3 Å². The fourth-order valence-electron chi connectivity index (χ4n) is 3.90. The van der Waals surface area contributed by atoms with Gasteiger partial charge in [-0.05, 0) is 50.4 Å². The molecule has 5 heteroatoms. The molecular weight excluding hydrogens is 314 g/mol. The topological polar surface area (TPSA) is 44.8 Å². The third kappa shape index (κ3) is 5.19. The van der Waals surface area contributed by atoms with Gasteiger partial charge in [-0.15, -0.1) is 0 Å². The predicted molar refractivity (Wildman–Crippen MR) is 101 cm³/mol. The summed E-state index contributed by atoms with van der Waals surface area (Å²) in [7, 11) is 3.68. The van der Waals surface area contributed by atoms with E-state index in [0.717, 1.165) is 58.4 Å². The fraction of sp³-hybridized carbons (Fsp3) is 0.650. The number of carbonyl (C=O) groups excluding carboxylic acids is 1. The van der Waals surface area contributed by atoms with Crippen LogP contribution in [0, 0.1) is 5.92 Å². The number of esters is 1. The van der Waals surface area contributed by atoms with Gasteiger partial charge in [-0.3, -0.25) is 9.69 Å². The number of piperazine rings is 1. The molecule has 0 spiro atoms. The first-order valence-corrected chi connectivity index (χ1v) is 9.48. The van der Waals surface area contributed by atoms with Crippen molar-refractivity contribution < 1.29 is 9.53 Å². The number of likely N-dealkylation sites (N-methyl/N-ethyl adjacent to an activating group) is 1. The van der Waals surface area contributed by atoms with Gasteiger partial charge in [0.15, 0.2) is 0 Å². The van der Waals surface area contributed by atoms with Gasteiger partial charge in [0.25, 0.3) is 0 Å². The Morgan fingerprint density at radius 1 is 1.16 bits per heavy atom. The Hall–Kier alpha value is -1.59. The minimum absolute atomic E-state index is 0.0485. The zero-order valence-corrected chi connectivity index (χ0v) is 15.5. The van der Waals surface area contributed by atoms with E-state index in [1.807, 2.05) is 0 Å². The van der Waals surface area contributed by atoms with Crippen molar-refractivity contribution in [1.29, 1.82) is 0 Å². The molecule has 5 nitrogen and oxygen atoms in total. The summed E-state index contributed by atoms with van der Waals surface area (Å²) in [5, 5.41) is 3.66. The summed E-state index contributed by atoms with van der Waals surface area (Å²) in [6, 6.07) is 9.26. The molecular formula is C20H31N3O2. The summed E-state index contributed by atoms with van der Waals surface area (Å²) in [5.74, 6) is 0.0410. The van der Waals surface area contributed by atoms with E-state index in [9.17, 15) is 4.79 Å². The zero-order chi connectivity index (χ0) is 17.6. The molecule has 2 fully saturated rings. The van der Waals surface area contributed by atoms with Crippen LogP contribution >= 0.6 is 0 Å². The second-order valence-corrected chi connectivity index (χ2v) is 7.50. The predicted octanol–water partition coefficient (Wildman–Crippen LogP) is 2.58. The first kappa shape index (κ1) is 18.2. The number of hydrogen-bond donors (Lipinski definition) is 1. The van der Waals surface area contributed by atoms with Crippen molar-refractivity contribution in [1.82, 2.24) is 9.80 Å². The summed E-state index contributed by atoms with van der Waals surface area (Å²) in [5.41, 5.74) is 2.57. The Balaban J connectivity index is 1.49. The third-order valence-corrected chi connectivity index (χ3v) is 5.56. The zero-order valence-electron chi connectivity index (χ0n) is 15.5. The molecule has 1 aliphatic carbocycles.